The van der Waals surface area contributed by atoms with E-state index in [4.69, 9.17) is 0 Å². The van der Waals surface area contributed by atoms with Crippen molar-refractivity contribution in [2.24, 2.45) is 0 Å². The van der Waals surface area contributed by atoms with Crippen LogP contribution in [0.5, 0.6) is 0 Å². The van der Waals surface area contributed by atoms with E-state index < -0.39 is 39.5 Å². The van der Waals surface area contributed by atoms with Gasteiger partial charge < -0.3 is 10.2 Å². The minimum atomic E-state index is -4.46. The van der Waals surface area contributed by atoms with Crippen molar-refractivity contribution in [3.05, 3.63) is 89.8 Å². The summed E-state index contributed by atoms with van der Waals surface area (Å²) in [6.07, 6.45) is -1.42. The van der Waals surface area contributed by atoms with Gasteiger partial charge in [0.25, 0.3) is 0 Å². The third-order valence-corrected chi connectivity index (χ3v) is 7.77. The highest BCUT2D eigenvalue weighted by Crippen LogP contribution is 2.31. The Morgan fingerprint density at radius 1 is 1.08 bits per heavy atom. The number of rotatable bonds is 7. The second-order valence-corrected chi connectivity index (χ2v) is 10.7. The molecule has 38 heavy (non-hydrogen) atoms. The topological polar surface area (TPSA) is 82.6 Å². The molecule has 1 aromatic heterocycles. The average molecular weight is 549 g/mol. The average Bonchev–Trinajstić information content (AvgIpc) is 3.38. The molecular weight excluding hydrogens is 524 g/mol. The van der Waals surface area contributed by atoms with Gasteiger partial charge in [-0.3, -0.25) is 4.79 Å². The lowest BCUT2D eigenvalue weighted by molar-refractivity contribution is -0.137. The smallest absolute Gasteiger partial charge is 0.363 e. The molecule has 1 amide bonds. The second kappa shape index (κ2) is 10.5. The van der Waals surface area contributed by atoms with Gasteiger partial charge in [0.15, 0.2) is 0 Å². The molecule has 0 aliphatic carbocycles. The Kier molecular flexibility index (Phi) is 7.56. The van der Waals surface area contributed by atoms with Crippen molar-refractivity contribution in [1.29, 1.82) is 0 Å². The summed E-state index contributed by atoms with van der Waals surface area (Å²) in [5.74, 6) is -0.625. The lowest BCUT2D eigenvalue weighted by atomic mass is 10.1. The van der Waals surface area contributed by atoms with Gasteiger partial charge >= 0.3 is 6.18 Å². The van der Waals surface area contributed by atoms with E-state index in [9.17, 15) is 30.8 Å². The number of anilines is 1. The van der Waals surface area contributed by atoms with E-state index in [1.165, 1.54) is 18.2 Å². The predicted molar refractivity (Wildman–Crippen MR) is 134 cm³/mol. The summed E-state index contributed by atoms with van der Waals surface area (Å²) in [6.45, 7) is 0.000500. The highest BCUT2D eigenvalue weighted by molar-refractivity contribution is 7.89. The number of carbonyl (C=O) groups excluding carboxylic acids is 1. The van der Waals surface area contributed by atoms with Gasteiger partial charge in [-0.15, -0.1) is 0 Å². The number of aromatic nitrogens is 1. The van der Waals surface area contributed by atoms with Gasteiger partial charge in [-0.2, -0.15) is 17.5 Å². The summed E-state index contributed by atoms with van der Waals surface area (Å²) in [5, 5.41) is 2.73. The zero-order chi connectivity index (χ0) is 27.7. The van der Waals surface area contributed by atoms with Crippen LogP contribution in [0.2, 0.25) is 0 Å². The molecule has 12 heteroatoms. The number of carbonyl (C=O) groups is 1. The minimum absolute atomic E-state index is 0.0180. The van der Waals surface area contributed by atoms with Crippen LogP contribution in [0.15, 0.2) is 77.7 Å². The van der Waals surface area contributed by atoms with Crippen LogP contribution in [-0.2, 0) is 27.5 Å². The molecule has 4 rings (SSSR count). The van der Waals surface area contributed by atoms with E-state index in [-0.39, 0.29) is 18.0 Å². The van der Waals surface area contributed by atoms with Crippen molar-refractivity contribution in [1.82, 2.24) is 14.6 Å². The van der Waals surface area contributed by atoms with Gasteiger partial charge in [0.2, 0.25) is 15.9 Å². The number of sulfonamides is 1. The summed E-state index contributed by atoms with van der Waals surface area (Å²) in [7, 11) is -0.555. The molecule has 0 bridgehead atoms. The molecule has 1 aliphatic heterocycles. The first-order valence-electron chi connectivity index (χ1n) is 11.4. The van der Waals surface area contributed by atoms with Crippen LogP contribution in [0.1, 0.15) is 11.1 Å². The van der Waals surface area contributed by atoms with Gasteiger partial charge in [0.05, 0.1) is 16.2 Å². The number of nitrogens with zero attached hydrogens (tertiary/aromatic N) is 3. The van der Waals surface area contributed by atoms with Crippen LogP contribution in [0.25, 0.3) is 11.3 Å². The normalized spacial score (nSPS) is 16.0. The van der Waals surface area contributed by atoms with Crippen LogP contribution in [0.3, 0.4) is 0 Å². The van der Waals surface area contributed by atoms with Crippen LogP contribution < -0.4 is 10.2 Å². The SMILES string of the molecule is CN(C)c1cc(CNC(=O)[C@@H]2C=CCN2S(=O)(=O)c2ccc(F)cc2)cc(-c2ccc(C(F)(F)F)cc2)n1. The number of alkyl halides is 3. The van der Waals surface area contributed by atoms with Crippen molar-refractivity contribution in [3.63, 3.8) is 0 Å². The zero-order valence-electron chi connectivity index (χ0n) is 20.4. The van der Waals surface area contributed by atoms with Gasteiger partial charge in [0.1, 0.15) is 17.7 Å². The van der Waals surface area contributed by atoms with E-state index in [1.807, 2.05) is 0 Å². The molecule has 0 fully saturated rings. The maximum absolute atomic E-state index is 13.3. The molecule has 0 radical (unpaired) electrons. The molecule has 2 heterocycles. The van der Waals surface area contributed by atoms with E-state index in [0.717, 1.165) is 40.7 Å². The first-order chi connectivity index (χ1) is 17.9. The number of hydrogen-bond donors (Lipinski definition) is 1. The van der Waals surface area contributed by atoms with Crippen molar-refractivity contribution < 1.29 is 30.8 Å². The Morgan fingerprint density at radius 2 is 1.74 bits per heavy atom. The molecule has 0 spiro atoms. The van der Waals surface area contributed by atoms with Gasteiger partial charge in [0, 0.05) is 32.7 Å². The summed E-state index contributed by atoms with van der Waals surface area (Å²) >= 11 is 0. The number of benzene rings is 2. The standard InChI is InChI=1S/C26H24F4N4O3S/c1-33(2)24-15-17(14-22(32-24)18-5-7-19(8-6-18)26(28,29)30)16-31-25(35)23-4-3-13-34(23)38(36,37)21-11-9-20(27)10-12-21/h3-12,14-15,23H,13,16H2,1-2H3,(H,31,35)/t23-/m0/s1. The van der Waals surface area contributed by atoms with Crippen LogP contribution >= 0.6 is 0 Å². The molecule has 0 saturated heterocycles. The Bertz CT molecular complexity index is 1460. The van der Waals surface area contributed by atoms with Crippen LogP contribution in [-0.4, -0.2) is 50.3 Å². The molecule has 1 atom stereocenters. The van der Waals surface area contributed by atoms with Crippen molar-refractivity contribution in [3.8, 4) is 11.3 Å². The number of nitrogens with one attached hydrogen (secondary N) is 1. The fraction of sp³-hybridized carbons (Fsp3) is 0.231. The van der Waals surface area contributed by atoms with Crippen molar-refractivity contribution >= 4 is 21.7 Å². The summed E-state index contributed by atoms with van der Waals surface area (Å²) in [6, 6.07) is 11.2. The fourth-order valence-corrected chi connectivity index (χ4v) is 5.38. The Labute approximate surface area is 217 Å². The third-order valence-electron chi connectivity index (χ3n) is 5.91. The number of amides is 1. The van der Waals surface area contributed by atoms with E-state index in [2.05, 4.69) is 10.3 Å². The number of hydrogen-bond acceptors (Lipinski definition) is 5. The van der Waals surface area contributed by atoms with Gasteiger partial charge in [-0.25, -0.2) is 17.8 Å². The van der Waals surface area contributed by atoms with Crippen LogP contribution in [0.4, 0.5) is 23.4 Å². The minimum Gasteiger partial charge on any atom is -0.363 e. The number of halogens is 4. The maximum Gasteiger partial charge on any atom is 0.416 e. The van der Waals surface area contributed by atoms with Gasteiger partial charge in [-0.05, 0) is 54.1 Å². The second-order valence-electron chi connectivity index (χ2n) is 8.81. The molecule has 7 nitrogen and oxygen atoms in total. The molecule has 1 N–H and O–H groups in total. The summed E-state index contributed by atoms with van der Waals surface area (Å²) < 4.78 is 79.2. The molecule has 0 unspecified atom stereocenters. The van der Waals surface area contributed by atoms with E-state index >= 15 is 0 Å². The lowest BCUT2D eigenvalue weighted by Crippen LogP contribution is -2.45. The first-order valence-corrected chi connectivity index (χ1v) is 12.9. The molecule has 2 aromatic carbocycles. The highest BCUT2D eigenvalue weighted by atomic mass is 32.2. The molecular formula is C26H24F4N4O3S. The molecule has 0 saturated carbocycles. The predicted octanol–water partition coefficient (Wildman–Crippen LogP) is 4.22. The number of pyridine rings is 1. The van der Waals surface area contributed by atoms with E-state index in [0.29, 0.717) is 22.6 Å². The maximum atomic E-state index is 13.3. The largest absolute Gasteiger partial charge is 0.416 e. The molecule has 3 aromatic rings. The monoisotopic (exact) mass is 548 g/mol. The molecule has 200 valence electrons. The Balaban J connectivity index is 1.53. The fourth-order valence-electron chi connectivity index (χ4n) is 3.88. The van der Waals surface area contributed by atoms with Crippen molar-refractivity contribution in [2.45, 2.75) is 23.7 Å². The Morgan fingerprint density at radius 3 is 2.34 bits per heavy atom. The highest BCUT2D eigenvalue weighted by Gasteiger charge is 2.36. The van der Waals surface area contributed by atoms with E-state index in [1.54, 1.807) is 37.2 Å². The van der Waals surface area contributed by atoms with Gasteiger partial charge in [-0.1, -0.05) is 24.3 Å². The summed E-state index contributed by atoms with van der Waals surface area (Å²) in [4.78, 5) is 19.1. The van der Waals surface area contributed by atoms with Crippen LogP contribution in [0, 0.1) is 5.82 Å². The Hall–Kier alpha value is -3.77. The third kappa shape index (κ3) is 5.86. The quantitative estimate of drug-likeness (QED) is 0.353. The van der Waals surface area contributed by atoms with Crippen molar-refractivity contribution in [2.75, 3.05) is 25.5 Å². The lowest BCUT2D eigenvalue weighted by Gasteiger charge is -2.23. The summed E-state index contributed by atoms with van der Waals surface area (Å²) in [5.41, 5.74) is 0.712. The zero-order valence-corrected chi connectivity index (χ0v) is 21.2. The molecule has 1 aliphatic rings. The first kappa shape index (κ1) is 27.3.